The van der Waals surface area contributed by atoms with Gasteiger partial charge in [-0.15, -0.1) is 0 Å². The van der Waals surface area contributed by atoms with E-state index in [1.165, 1.54) is 0 Å². The lowest BCUT2D eigenvalue weighted by molar-refractivity contribution is 0.0304. The fourth-order valence-corrected chi connectivity index (χ4v) is 3.73. The molecule has 5 heteroatoms. The largest absolute Gasteiger partial charge is 0.378 e. The number of nitrogens with one attached hydrogen (secondary N) is 1. The number of ether oxygens (including phenoxy) is 1. The lowest BCUT2D eigenvalue weighted by atomic mass is 9.97. The minimum absolute atomic E-state index is 0.0619. The number of anilines is 2. The summed E-state index contributed by atoms with van der Waals surface area (Å²) in [7, 11) is 0. The molecule has 0 saturated carbocycles. The standard InChI is InChI=1S/C22H21ClN2O2/c1-15-4-2-7-18-20(24-17-6-3-5-16(23)14-17)9-8-19(21(15)18)22(26)25-10-12-27-13-11-25/h2-9,14,24H,10-13H2,1H3. The predicted octanol–water partition coefficient (Wildman–Crippen LogP) is 5.02. The van der Waals surface area contributed by atoms with Gasteiger partial charge in [0.1, 0.15) is 0 Å². The number of carbonyl (C=O) groups is 1. The van der Waals surface area contributed by atoms with Crippen molar-refractivity contribution in [2.24, 2.45) is 0 Å². The average Bonchev–Trinajstić information content (AvgIpc) is 2.69. The molecule has 0 unspecified atom stereocenters. The van der Waals surface area contributed by atoms with Crippen LogP contribution in [0.4, 0.5) is 11.4 Å². The number of nitrogens with zero attached hydrogens (tertiary/aromatic N) is 1. The van der Waals surface area contributed by atoms with E-state index in [9.17, 15) is 4.79 Å². The third-order valence-electron chi connectivity index (χ3n) is 4.88. The predicted molar refractivity (Wildman–Crippen MR) is 110 cm³/mol. The van der Waals surface area contributed by atoms with Gasteiger partial charge in [0.15, 0.2) is 0 Å². The van der Waals surface area contributed by atoms with Gasteiger partial charge in [0.2, 0.25) is 0 Å². The fraction of sp³-hybridized carbons (Fsp3) is 0.227. The number of carbonyl (C=O) groups excluding carboxylic acids is 1. The molecule has 1 aliphatic rings. The molecule has 3 aromatic carbocycles. The van der Waals surface area contributed by atoms with E-state index in [0.717, 1.165) is 33.3 Å². The van der Waals surface area contributed by atoms with Crippen molar-refractivity contribution in [2.75, 3.05) is 31.6 Å². The molecule has 0 radical (unpaired) electrons. The van der Waals surface area contributed by atoms with Crippen LogP contribution < -0.4 is 5.32 Å². The molecule has 1 heterocycles. The van der Waals surface area contributed by atoms with E-state index in [1.54, 1.807) is 0 Å². The first kappa shape index (κ1) is 17.8. The highest BCUT2D eigenvalue weighted by Gasteiger charge is 2.21. The van der Waals surface area contributed by atoms with E-state index in [-0.39, 0.29) is 5.91 Å². The van der Waals surface area contributed by atoms with E-state index in [0.29, 0.717) is 31.3 Å². The molecule has 4 nitrogen and oxygen atoms in total. The van der Waals surface area contributed by atoms with E-state index in [2.05, 4.69) is 5.32 Å². The summed E-state index contributed by atoms with van der Waals surface area (Å²) in [5.41, 5.74) is 3.69. The van der Waals surface area contributed by atoms with Crippen LogP contribution in [0.1, 0.15) is 15.9 Å². The Morgan fingerprint density at radius 3 is 2.63 bits per heavy atom. The maximum atomic E-state index is 13.1. The summed E-state index contributed by atoms with van der Waals surface area (Å²) < 4.78 is 5.38. The van der Waals surface area contributed by atoms with Crippen molar-refractivity contribution in [3.05, 3.63) is 70.7 Å². The zero-order valence-corrected chi connectivity index (χ0v) is 15.9. The van der Waals surface area contributed by atoms with Crippen molar-refractivity contribution < 1.29 is 9.53 Å². The average molecular weight is 381 g/mol. The third kappa shape index (κ3) is 3.64. The highest BCUT2D eigenvalue weighted by Crippen LogP contribution is 2.32. The van der Waals surface area contributed by atoms with Crippen molar-refractivity contribution in [2.45, 2.75) is 6.92 Å². The van der Waals surface area contributed by atoms with Gasteiger partial charge in [-0.2, -0.15) is 0 Å². The first-order valence-corrected chi connectivity index (χ1v) is 9.43. The SMILES string of the molecule is Cc1cccc2c(Nc3cccc(Cl)c3)ccc(C(=O)N3CCOCC3)c12. The second kappa shape index (κ2) is 7.59. The maximum absolute atomic E-state index is 13.1. The molecule has 4 rings (SSSR count). The fourth-order valence-electron chi connectivity index (χ4n) is 3.54. The van der Waals surface area contributed by atoms with Crippen molar-refractivity contribution in [3.8, 4) is 0 Å². The molecule has 0 spiro atoms. The molecule has 1 N–H and O–H groups in total. The van der Waals surface area contributed by atoms with Crippen molar-refractivity contribution in [1.82, 2.24) is 4.90 Å². The molecule has 0 atom stereocenters. The molecule has 0 aromatic heterocycles. The van der Waals surface area contributed by atoms with E-state index < -0.39 is 0 Å². The molecule has 27 heavy (non-hydrogen) atoms. The summed E-state index contributed by atoms with van der Waals surface area (Å²) in [6.07, 6.45) is 0. The Kier molecular flexibility index (Phi) is 5.01. The van der Waals surface area contributed by atoms with Crippen LogP contribution in [0.3, 0.4) is 0 Å². The van der Waals surface area contributed by atoms with Gasteiger partial charge in [-0.1, -0.05) is 35.9 Å². The summed E-state index contributed by atoms with van der Waals surface area (Å²) in [5, 5.41) is 6.12. The molecular formula is C22H21ClN2O2. The Balaban J connectivity index is 1.77. The van der Waals surface area contributed by atoms with Gasteiger partial charge in [-0.25, -0.2) is 0 Å². The summed E-state index contributed by atoms with van der Waals surface area (Å²) >= 11 is 6.11. The molecule has 3 aromatic rings. The number of aryl methyl sites for hydroxylation is 1. The number of benzene rings is 3. The Bertz CT molecular complexity index is 997. The van der Waals surface area contributed by atoms with Crippen LogP contribution in [0.25, 0.3) is 10.8 Å². The summed E-state index contributed by atoms with van der Waals surface area (Å²) in [6, 6.07) is 17.6. The van der Waals surface area contributed by atoms with Gasteiger partial charge in [0.25, 0.3) is 5.91 Å². The van der Waals surface area contributed by atoms with Crippen LogP contribution in [0.2, 0.25) is 5.02 Å². The van der Waals surface area contributed by atoms with Gasteiger partial charge < -0.3 is 15.0 Å². The highest BCUT2D eigenvalue weighted by molar-refractivity contribution is 6.30. The summed E-state index contributed by atoms with van der Waals surface area (Å²) in [5.74, 6) is 0.0619. The second-order valence-electron chi connectivity index (χ2n) is 6.70. The van der Waals surface area contributed by atoms with E-state index >= 15 is 0 Å². The molecule has 0 bridgehead atoms. The quantitative estimate of drug-likeness (QED) is 0.693. The molecule has 1 aliphatic heterocycles. The van der Waals surface area contributed by atoms with Crippen LogP contribution >= 0.6 is 11.6 Å². The minimum atomic E-state index is 0.0619. The van der Waals surface area contributed by atoms with Crippen LogP contribution in [-0.2, 0) is 4.74 Å². The van der Waals surface area contributed by atoms with Crippen molar-refractivity contribution in [1.29, 1.82) is 0 Å². The lowest BCUT2D eigenvalue weighted by Gasteiger charge is -2.27. The lowest BCUT2D eigenvalue weighted by Crippen LogP contribution is -2.40. The molecule has 138 valence electrons. The molecule has 1 fully saturated rings. The number of hydrogen-bond donors (Lipinski definition) is 1. The molecule has 1 amide bonds. The number of amides is 1. The zero-order valence-electron chi connectivity index (χ0n) is 15.2. The molecular weight excluding hydrogens is 360 g/mol. The monoisotopic (exact) mass is 380 g/mol. The van der Waals surface area contributed by atoms with E-state index in [4.69, 9.17) is 16.3 Å². The van der Waals surface area contributed by atoms with Crippen LogP contribution in [0.5, 0.6) is 0 Å². The Hall–Kier alpha value is -2.56. The van der Waals surface area contributed by atoms with Crippen LogP contribution in [0.15, 0.2) is 54.6 Å². The van der Waals surface area contributed by atoms with Crippen molar-refractivity contribution >= 4 is 39.7 Å². The highest BCUT2D eigenvalue weighted by atomic mass is 35.5. The van der Waals surface area contributed by atoms with Gasteiger partial charge >= 0.3 is 0 Å². The zero-order chi connectivity index (χ0) is 18.8. The van der Waals surface area contributed by atoms with Gasteiger partial charge in [-0.3, -0.25) is 4.79 Å². The Labute approximate surface area is 163 Å². The van der Waals surface area contributed by atoms with Gasteiger partial charge in [0.05, 0.1) is 13.2 Å². The third-order valence-corrected chi connectivity index (χ3v) is 5.12. The number of fused-ring (bicyclic) bond motifs is 1. The number of morpholine rings is 1. The number of rotatable bonds is 3. The van der Waals surface area contributed by atoms with Crippen LogP contribution in [-0.4, -0.2) is 37.1 Å². The second-order valence-corrected chi connectivity index (χ2v) is 7.13. The number of hydrogen-bond acceptors (Lipinski definition) is 3. The summed E-state index contributed by atoms with van der Waals surface area (Å²) in [4.78, 5) is 15.0. The smallest absolute Gasteiger partial charge is 0.254 e. The van der Waals surface area contributed by atoms with Gasteiger partial charge in [-0.05, 0) is 48.2 Å². The maximum Gasteiger partial charge on any atom is 0.254 e. The Morgan fingerprint density at radius 2 is 1.85 bits per heavy atom. The first-order chi connectivity index (χ1) is 13.1. The summed E-state index contributed by atoms with van der Waals surface area (Å²) in [6.45, 7) is 4.50. The number of halogens is 1. The van der Waals surface area contributed by atoms with Crippen LogP contribution in [0, 0.1) is 6.92 Å². The molecule has 0 aliphatic carbocycles. The van der Waals surface area contributed by atoms with Crippen molar-refractivity contribution in [3.63, 3.8) is 0 Å². The minimum Gasteiger partial charge on any atom is -0.378 e. The van der Waals surface area contributed by atoms with Gasteiger partial charge in [0, 0.05) is 40.4 Å². The first-order valence-electron chi connectivity index (χ1n) is 9.05. The Morgan fingerprint density at radius 1 is 1.07 bits per heavy atom. The normalized spacial score (nSPS) is 14.4. The van der Waals surface area contributed by atoms with E-state index in [1.807, 2.05) is 66.4 Å². The topological polar surface area (TPSA) is 41.6 Å². The molecule has 1 saturated heterocycles.